The molecule has 2 N–H and O–H groups in total. The van der Waals surface area contributed by atoms with Crippen molar-refractivity contribution < 1.29 is 9.59 Å². The van der Waals surface area contributed by atoms with E-state index in [1.807, 2.05) is 6.92 Å². The summed E-state index contributed by atoms with van der Waals surface area (Å²) in [6, 6.07) is 6.69. The Balaban J connectivity index is 1.97. The molecule has 0 saturated heterocycles. The highest BCUT2D eigenvalue weighted by Gasteiger charge is 2.09. The number of aryl methyl sites for hydroxylation is 1. The van der Waals surface area contributed by atoms with Crippen LogP contribution in [-0.2, 0) is 11.2 Å². The van der Waals surface area contributed by atoms with Gasteiger partial charge in [-0.2, -0.15) is 0 Å². The molecule has 2 rings (SSSR count). The highest BCUT2D eigenvalue weighted by Crippen LogP contribution is 2.15. The average molecular weight is 345 g/mol. The quantitative estimate of drug-likeness (QED) is 0.477. The molecule has 0 aliphatic carbocycles. The Hall–Kier alpha value is -2.41. The Morgan fingerprint density at radius 1 is 1.25 bits per heavy atom. The zero-order valence-electron chi connectivity index (χ0n) is 13.8. The fraction of sp³-hybridized carbons (Fsp3) is 0.294. The molecular formula is C17H19N3O3S. The van der Waals surface area contributed by atoms with Crippen LogP contribution in [-0.4, -0.2) is 27.4 Å². The molecule has 0 saturated carbocycles. The van der Waals surface area contributed by atoms with Gasteiger partial charge in [0.05, 0.1) is 11.4 Å². The normalized spacial score (nSPS) is 10.5. The number of amides is 1. The number of nitrogens with zero attached hydrogens (tertiary/aromatic N) is 1. The average Bonchev–Trinajstić information content (AvgIpc) is 2.56. The van der Waals surface area contributed by atoms with Gasteiger partial charge in [0.1, 0.15) is 0 Å². The predicted octanol–water partition coefficient (Wildman–Crippen LogP) is 2.57. The van der Waals surface area contributed by atoms with Crippen LogP contribution in [0.3, 0.4) is 0 Å². The molecule has 24 heavy (non-hydrogen) atoms. The fourth-order valence-corrected chi connectivity index (χ4v) is 2.77. The topological polar surface area (TPSA) is 91.9 Å². The van der Waals surface area contributed by atoms with E-state index in [0.717, 1.165) is 5.69 Å². The molecule has 2 aromatic rings. The van der Waals surface area contributed by atoms with Crippen molar-refractivity contribution in [3.63, 3.8) is 0 Å². The molecule has 0 radical (unpaired) electrons. The van der Waals surface area contributed by atoms with Crippen molar-refractivity contribution in [2.45, 2.75) is 32.3 Å². The van der Waals surface area contributed by atoms with E-state index in [4.69, 9.17) is 0 Å². The SMILES string of the molecule is CCc1nc(SCC(=O)Nc2ccc(C(C)=O)cc2)[nH]c(=O)c1C. The van der Waals surface area contributed by atoms with E-state index in [1.165, 1.54) is 18.7 Å². The maximum atomic E-state index is 12.0. The van der Waals surface area contributed by atoms with E-state index in [0.29, 0.717) is 28.4 Å². The molecule has 0 aliphatic rings. The van der Waals surface area contributed by atoms with Gasteiger partial charge in [0, 0.05) is 16.8 Å². The van der Waals surface area contributed by atoms with E-state index in [-0.39, 0.29) is 23.0 Å². The van der Waals surface area contributed by atoms with Gasteiger partial charge in [-0.1, -0.05) is 18.7 Å². The molecule has 1 aromatic carbocycles. The number of Topliss-reactive ketones (excluding diaryl/α,β-unsaturated/α-hetero) is 1. The monoisotopic (exact) mass is 345 g/mol. The van der Waals surface area contributed by atoms with E-state index in [9.17, 15) is 14.4 Å². The summed E-state index contributed by atoms with van der Waals surface area (Å²) in [6.45, 7) is 5.15. The first-order chi connectivity index (χ1) is 11.4. The largest absolute Gasteiger partial charge is 0.325 e. The van der Waals surface area contributed by atoms with Crippen molar-refractivity contribution in [2.24, 2.45) is 0 Å². The van der Waals surface area contributed by atoms with Crippen LogP contribution in [0.1, 0.15) is 35.5 Å². The van der Waals surface area contributed by atoms with Gasteiger partial charge in [-0.05, 0) is 44.5 Å². The van der Waals surface area contributed by atoms with Crippen molar-refractivity contribution in [1.29, 1.82) is 0 Å². The summed E-state index contributed by atoms with van der Waals surface area (Å²) < 4.78 is 0. The summed E-state index contributed by atoms with van der Waals surface area (Å²) in [5, 5.41) is 3.18. The first-order valence-corrected chi connectivity index (χ1v) is 8.52. The minimum absolute atomic E-state index is 0.0236. The molecule has 0 atom stereocenters. The number of ketones is 1. The summed E-state index contributed by atoms with van der Waals surface area (Å²) in [6.07, 6.45) is 0.665. The van der Waals surface area contributed by atoms with Crippen molar-refractivity contribution in [3.05, 3.63) is 51.4 Å². The van der Waals surface area contributed by atoms with Crippen molar-refractivity contribution in [3.8, 4) is 0 Å². The number of rotatable bonds is 6. The molecule has 1 aromatic heterocycles. The number of benzene rings is 1. The minimum atomic E-state index is -0.211. The number of thioether (sulfide) groups is 1. The van der Waals surface area contributed by atoms with Crippen molar-refractivity contribution in [2.75, 3.05) is 11.1 Å². The van der Waals surface area contributed by atoms with Gasteiger partial charge in [-0.15, -0.1) is 0 Å². The smallest absolute Gasteiger partial charge is 0.254 e. The minimum Gasteiger partial charge on any atom is -0.325 e. The van der Waals surface area contributed by atoms with Crippen LogP contribution >= 0.6 is 11.8 Å². The third-order valence-electron chi connectivity index (χ3n) is 3.48. The second kappa shape index (κ2) is 7.92. The molecule has 1 heterocycles. The van der Waals surface area contributed by atoms with Crippen LogP contribution in [0.5, 0.6) is 0 Å². The maximum absolute atomic E-state index is 12.0. The Morgan fingerprint density at radius 3 is 2.50 bits per heavy atom. The number of hydrogen-bond donors (Lipinski definition) is 2. The molecule has 0 bridgehead atoms. The molecule has 7 heteroatoms. The van der Waals surface area contributed by atoms with Gasteiger partial charge in [0.15, 0.2) is 10.9 Å². The van der Waals surface area contributed by atoms with Gasteiger partial charge in [0.25, 0.3) is 5.56 Å². The van der Waals surface area contributed by atoms with Crippen LogP contribution < -0.4 is 10.9 Å². The third-order valence-corrected chi connectivity index (χ3v) is 4.35. The molecule has 0 unspecified atom stereocenters. The number of hydrogen-bond acceptors (Lipinski definition) is 5. The van der Waals surface area contributed by atoms with Gasteiger partial charge < -0.3 is 10.3 Å². The molecule has 0 spiro atoms. The van der Waals surface area contributed by atoms with E-state index in [2.05, 4.69) is 15.3 Å². The second-order valence-electron chi connectivity index (χ2n) is 5.27. The van der Waals surface area contributed by atoms with Gasteiger partial charge in [0.2, 0.25) is 5.91 Å². The van der Waals surface area contributed by atoms with Crippen LogP contribution in [0.15, 0.2) is 34.2 Å². The Bertz CT molecular complexity index is 813. The summed E-state index contributed by atoms with van der Waals surface area (Å²) in [4.78, 5) is 42.0. The fourth-order valence-electron chi connectivity index (χ4n) is 2.09. The highest BCUT2D eigenvalue weighted by molar-refractivity contribution is 7.99. The Kier molecular flexibility index (Phi) is 5.92. The number of H-pyrrole nitrogens is 1. The van der Waals surface area contributed by atoms with Crippen LogP contribution in [0, 0.1) is 6.92 Å². The van der Waals surface area contributed by atoms with Crippen molar-refractivity contribution in [1.82, 2.24) is 9.97 Å². The van der Waals surface area contributed by atoms with Crippen LogP contribution in [0.4, 0.5) is 5.69 Å². The first-order valence-electron chi connectivity index (χ1n) is 7.54. The highest BCUT2D eigenvalue weighted by atomic mass is 32.2. The first kappa shape index (κ1) is 17.9. The lowest BCUT2D eigenvalue weighted by Crippen LogP contribution is -2.18. The molecule has 0 aliphatic heterocycles. The second-order valence-corrected chi connectivity index (χ2v) is 6.23. The summed E-state index contributed by atoms with van der Waals surface area (Å²) in [5.41, 5.74) is 2.38. The number of aromatic amines is 1. The predicted molar refractivity (Wildman–Crippen MR) is 94.8 cm³/mol. The summed E-state index contributed by atoms with van der Waals surface area (Å²) in [7, 11) is 0. The maximum Gasteiger partial charge on any atom is 0.254 e. The third kappa shape index (κ3) is 4.55. The molecule has 1 amide bonds. The standard InChI is InChI=1S/C17H19N3O3S/c1-4-14-10(2)16(23)20-17(19-14)24-9-15(22)18-13-7-5-12(6-8-13)11(3)21/h5-8H,4,9H2,1-3H3,(H,18,22)(H,19,20,23). The summed E-state index contributed by atoms with van der Waals surface area (Å²) in [5.74, 6) is -0.106. The van der Waals surface area contributed by atoms with Crippen molar-refractivity contribution >= 4 is 29.1 Å². The Morgan fingerprint density at radius 2 is 1.92 bits per heavy atom. The van der Waals surface area contributed by atoms with E-state index >= 15 is 0 Å². The van der Waals surface area contributed by atoms with Crippen LogP contribution in [0.25, 0.3) is 0 Å². The lowest BCUT2D eigenvalue weighted by atomic mass is 10.1. The Labute approximate surface area is 144 Å². The number of carbonyl (C=O) groups is 2. The number of nitrogens with one attached hydrogen (secondary N) is 2. The van der Waals surface area contributed by atoms with Gasteiger partial charge in [-0.25, -0.2) is 4.98 Å². The molecule has 6 nitrogen and oxygen atoms in total. The van der Waals surface area contributed by atoms with Gasteiger partial charge in [-0.3, -0.25) is 14.4 Å². The van der Waals surface area contributed by atoms with E-state index in [1.54, 1.807) is 31.2 Å². The van der Waals surface area contributed by atoms with E-state index < -0.39 is 0 Å². The summed E-state index contributed by atoms with van der Waals surface area (Å²) >= 11 is 1.18. The number of aromatic nitrogens is 2. The van der Waals surface area contributed by atoms with Gasteiger partial charge >= 0.3 is 0 Å². The lowest BCUT2D eigenvalue weighted by molar-refractivity contribution is -0.113. The zero-order chi connectivity index (χ0) is 17.7. The molecule has 0 fully saturated rings. The molecule has 126 valence electrons. The molecular weight excluding hydrogens is 326 g/mol. The number of anilines is 1. The van der Waals surface area contributed by atoms with Crippen LogP contribution in [0.2, 0.25) is 0 Å². The number of carbonyl (C=O) groups excluding carboxylic acids is 2. The lowest BCUT2D eigenvalue weighted by Gasteiger charge is -2.07. The zero-order valence-corrected chi connectivity index (χ0v) is 14.6.